The van der Waals surface area contributed by atoms with Gasteiger partial charge >= 0.3 is 0 Å². The molecular weight excluding hydrogens is 214 g/mol. The number of carbonyl (C=O) groups excluding carboxylic acids is 1. The molecular formula is C13H27N3O. The summed E-state index contributed by atoms with van der Waals surface area (Å²) < 4.78 is 0. The summed E-state index contributed by atoms with van der Waals surface area (Å²) >= 11 is 0. The molecule has 3 N–H and O–H groups in total. The number of unbranched alkanes of at least 4 members (excludes halogenated alkanes) is 1. The van der Waals surface area contributed by atoms with Gasteiger partial charge in [0.2, 0.25) is 5.91 Å². The first-order valence-electron chi connectivity index (χ1n) is 6.98. The minimum absolute atomic E-state index is 0.0492. The fourth-order valence-corrected chi connectivity index (χ4v) is 2.55. The van der Waals surface area contributed by atoms with E-state index in [-0.39, 0.29) is 5.91 Å². The molecule has 0 aromatic rings. The van der Waals surface area contributed by atoms with Crippen LogP contribution < -0.4 is 11.3 Å². The number of carbonyl (C=O) groups is 1. The van der Waals surface area contributed by atoms with Crippen molar-refractivity contribution in [2.75, 3.05) is 19.6 Å². The predicted molar refractivity (Wildman–Crippen MR) is 70.3 cm³/mol. The first-order chi connectivity index (χ1) is 8.26. The van der Waals surface area contributed by atoms with Gasteiger partial charge in [0, 0.05) is 6.42 Å². The standard InChI is InChI=1S/C13H27N3O/c1-2-12-6-5-10-16(11-8-12)9-4-3-7-13(17)15-14/h12H,2-11,14H2,1H3,(H,15,17). The maximum atomic E-state index is 11.0. The van der Waals surface area contributed by atoms with Gasteiger partial charge in [-0.1, -0.05) is 13.3 Å². The van der Waals surface area contributed by atoms with Gasteiger partial charge in [0.25, 0.3) is 0 Å². The zero-order valence-electron chi connectivity index (χ0n) is 11.1. The fraction of sp³-hybridized carbons (Fsp3) is 0.923. The van der Waals surface area contributed by atoms with E-state index in [9.17, 15) is 4.79 Å². The quantitative estimate of drug-likeness (QED) is 0.322. The van der Waals surface area contributed by atoms with E-state index in [1.165, 1.54) is 38.8 Å². The Labute approximate surface area is 105 Å². The van der Waals surface area contributed by atoms with Crippen LogP contribution in [0.5, 0.6) is 0 Å². The maximum absolute atomic E-state index is 11.0. The number of hydrazine groups is 1. The molecule has 1 aliphatic heterocycles. The molecule has 1 saturated heterocycles. The lowest BCUT2D eigenvalue weighted by atomic mass is 9.98. The monoisotopic (exact) mass is 241 g/mol. The van der Waals surface area contributed by atoms with E-state index < -0.39 is 0 Å². The van der Waals surface area contributed by atoms with Crippen molar-refractivity contribution in [3.63, 3.8) is 0 Å². The van der Waals surface area contributed by atoms with E-state index in [2.05, 4.69) is 17.2 Å². The Morgan fingerprint density at radius 1 is 1.35 bits per heavy atom. The summed E-state index contributed by atoms with van der Waals surface area (Å²) in [5.74, 6) is 5.92. The number of nitrogens with two attached hydrogens (primary N) is 1. The molecule has 0 saturated carbocycles. The van der Waals surface area contributed by atoms with Crippen LogP contribution in [0.4, 0.5) is 0 Å². The molecule has 0 spiro atoms. The molecule has 1 amide bonds. The number of amides is 1. The van der Waals surface area contributed by atoms with E-state index in [0.717, 1.165) is 25.3 Å². The lowest BCUT2D eigenvalue weighted by molar-refractivity contribution is -0.121. The molecule has 0 aromatic carbocycles. The lowest BCUT2D eigenvalue weighted by Gasteiger charge is -2.19. The molecule has 4 heteroatoms. The molecule has 0 aromatic heterocycles. The molecule has 1 rings (SSSR count). The second-order valence-electron chi connectivity index (χ2n) is 5.07. The van der Waals surface area contributed by atoms with E-state index in [4.69, 9.17) is 5.84 Å². The van der Waals surface area contributed by atoms with Crippen molar-refractivity contribution in [1.82, 2.24) is 10.3 Å². The van der Waals surface area contributed by atoms with Gasteiger partial charge in [0.1, 0.15) is 0 Å². The van der Waals surface area contributed by atoms with Crippen LogP contribution in [0.2, 0.25) is 0 Å². The first kappa shape index (κ1) is 14.5. The van der Waals surface area contributed by atoms with Crippen molar-refractivity contribution in [1.29, 1.82) is 0 Å². The zero-order valence-corrected chi connectivity index (χ0v) is 11.1. The molecule has 1 aliphatic rings. The maximum Gasteiger partial charge on any atom is 0.233 e. The van der Waals surface area contributed by atoms with Crippen LogP contribution in [0.15, 0.2) is 0 Å². The van der Waals surface area contributed by atoms with Crippen molar-refractivity contribution in [3.8, 4) is 0 Å². The average molecular weight is 241 g/mol. The Balaban J connectivity index is 2.08. The van der Waals surface area contributed by atoms with Crippen LogP contribution in [0.25, 0.3) is 0 Å². The Bertz CT molecular complexity index is 221. The highest BCUT2D eigenvalue weighted by atomic mass is 16.2. The topological polar surface area (TPSA) is 58.4 Å². The Morgan fingerprint density at radius 3 is 2.88 bits per heavy atom. The first-order valence-corrected chi connectivity index (χ1v) is 6.98. The summed E-state index contributed by atoms with van der Waals surface area (Å²) in [6.07, 6.45) is 8.00. The van der Waals surface area contributed by atoms with E-state index in [0.29, 0.717) is 6.42 Å². The highest BCUT2D eigenvalue weighted by Crippen LogP contribution is 2.20. The summed E-state index contributed by atoms with van der Waals surface area (Å²) in [5.41, 5.74) is 2.17. The Hall–Kier alpha value is -0.610. The van der Waals surface area contributed by atoms with Gasteiger partial charge in [-0.25, -0.2) is 5.84 Å². The zero-order chi connectivity index (χ0) is 12.5. The summed E-state index contributed by atoms with van der Waals surface area (Å²) in [5, 5.41) is 0. The predicted octanol–water partition coefficient (Wildman–Crippen LogP) is 1.66. The number of likely N-dealkylation sites (tertiary alicyclic amines) is 1. The molecule has 1 atom stereocenters. The average Bonchev–Trinajstić information content (AvgIpc) is 2.59. The van der Waals surface area contributed by atoms with Gasteiger partial charge in [0.05, 0.1) is 0 Å². The van der Waals surface area contributed by atoms with Crippen LogP contribution in [-0.2, 0) is 4.79 Å². The normalized spacial score (nSPS) is 22.1. The Kier molecular flexibility index (Phi) is 7.21. The van der Waals surface area contributed by atoms with Crippen molar-refractivity contribution < 1.29 is 4.79 Å². The summed E-state index contributed by atoms with van der Waals surface area (Å²) in [6, 6.07) is 0. The summed E-state index contributed by atoms with van der Waals surface area (Å²) in [7, 11) is 0. The van der Waals surface area contributed by atoms with Gasteiger partial charge in [-0.05, 0) is 57.7 Å². The number of rotatable bonds is 6. The van der Waals surface area contributed by atoms with Crippen LogP contribution in [0.1, 0.15) is 51.9 Å². The number of hydrogen-bond acceptors (Lipinski definition) is 3. The highest BCUT2D eigenvalue weighted by Gasteiger charge is 2.15. The minimum atomic E-state index is -0.0492. The van der Waals surface area contributed by atoms with E-state index in [1.807, 2.05) is 0 Å². The van der Waals surface area contributed by atoms with Crippen LogP contribution in [0.3, 0.4) is 0 Å². The number of nitrogens with zero attached hydrogens (tertiary/aromatic N) is 1. The van der Waals surface area contributed by atoms with Gasteiger partial charge in [0.15, 0.2) is 0 Å². The molecule has 100 valence electrons. The molecule has 17 heavy (non-hydrogen) atoms. The van der Waals surface area contributed by atoms with Crippen molar-refractivity contribution >= 4 is 5.91 Å². The second kappa shape index (κ2) is 8.48. The molecule has 4 nitrogen and oxygen atoms in total. The molecule has 1 fully saturated rings. The molecule has 0 bridgehead atoms. The highest BCUT2D eigenvalue weighted by molar-refractivity contribution is 5.75. The third kappa shape index (κ3) is 6.03. The molecule has 1 heterocycles. The van der Waals surface area contributed by atoms with Crippen LogP contribution in [0, 0.1) is 5.92 Å². The fourth-order valence-electron chi connectivity index (χ4n) is 2.55. The molecule has 0 aliphatic carbocycles. The van der Waals surface area contributed by atoms with Crippen LogP contribution in [-0.4, -0.2) is 30.4 Å². The summed E-state index contributed by atoms with van der Waals surface area (Å²) in [6.45, 7) is 5.90. The summed E-state index contributed by atoms with van der Waals surface area (Å²) in [4.78, 5) is 13.5. The molecule has 1 unspecified atom stereocenters. The third-order valence-corrected chi connectivity index (χ3v) is 3.81. The van der Waals surface area contributed by atoms with Gasteiger partial charge in [-0.15, -0.1) is 0 Å². The number of nitrogens with one attached hydrogen (secondary N) is 1. The molecule has 0 radical (unpaired) electrons. The SMILES string of the molecule is CCC1CCCN(CCCCC(=O)NN)CC1. The number of hydrogen-bond donors (Lipinski definition) is 2. The van der Waals surface area contributed by atoms with Crippen molar-refractivity contribution in [2.24, 2.45) is 11.8 Å². The smallest absolute Gasteiger partial charge is 0.233 e. The van der Waals surface area contributed by atoms with Crippen molar-refractivity contribution in [2.45, 2.75) is 51.9 Å². The van der Waals surface area contributed by atoms with Gasteiger partial charge in [-0.2, -0.15) is 0 Å². The van der Waals surface area contributed by atoms with Crippen LogP contribution >= 0.6 is 0 Å². The van der Waals surface area contributed by atoms with Gasteiger partial charge < -0.3 is 4.90 Å². The second-order valence-corrected chi connectivity index (χ2v) is 5.07. The van der Waals surface area contributed by atoms with Gasteiger partial charge in [-0.3, -0.25) is 10.2 Å². The lowest BCUT2D eigenvalue weighted by Crippen LogP contribution is -2.30. The largest absolute Gasteiger partial charge is 0.303 e. The van der Waals surface area contributed by atoms with E-state index >= 15 is 0 Å². The third-order valence-electron chi connectivity index (χ3n) is 3.81. The van der Waals surface area contributed by atoms with E-state index in [1.54, 1.807) is 0 Å². The Morgan fingerprint density at radius 2 is 2.18 bits per heavy atom. The van der Waals surface area contributed by atoms with Crippen molar-refractivity contribution in [3.05, 3.63) is 0 Å². The minimum Gasteiger partial charge on any atom is -0.303 e.